The molecule has 0 spiro atoms. The summed E-state index contributed by atoms with van der Waals surface area (Å²) in [5.74, 6) is -2.33. The van der Waals surface area contributed by atoms with Crippen molar-refractivity contribution in [1.29, 1.82) is 0 Å². The van der Waals surface area contributed by atoms with Crippen LogP contribution < -0.4 is 0 Å². The first-order valence-corrected chi connectivity index (χ1v) is 10.2. The van der Waals surface area contributed by atoms with Gasteiger partial charge < -0.3 is 9.47 Å². The number of hydrogen-bond acceptors (Lipinski definition) is 4. The normalized spacial score (nSPS) is 23.0. The molecule has 5 nitrogen and oxygen atoms in total. The summed E-state index contributed by atoms with van der Waals surface area (Å²) in [5, 5.41) is 0. The number of amides is 1. The van der Waals surface area contributed by atoms with Crippen molar-refractivity contribution in [2.45, 2.75) is 37.7 Å². The Bertz CT molecular complexity index is 981. The number of carbonyl (C=O) groups is 2. The van der Waals surface area contributed by atoms with Gasteiger partial charge in [0, 0.05) is 11.5 Å². The summed E-state index contributed by atoms with van der Waals surface area (Å²) in [4.78, 5) is 27.2. The number of ether oxygens (including phenoxy) is 2. The largest absolute Gasteiger partial charge is 0.445 e. The molecule has 0 aliphatic carbocycles. The van der Waals surface area contributed by atoms with Gasteiger partial charge in [-0.25, -0.2) is 9.18 Å². The number of benzene rings is 2. The fourth-order valence-corrected chi connectivity index (χ4v) is 4.35. The van der Waals surface area contributed by atoms with Crippen LogP contribution in [-0.4, -0.2) is 42.1 Å². The van der Waals surface area contributed by atoms with E-state index >= 15 is 0 Å². The third kappa shape index (κ3) is 4.77. The van der Waals surface area contributed by atoms with Crippen LogP contribution in [0.2, 0.25) is 0 Å². The predicted octanol–water partition coefficient (Wildman–Crippen LogP) is 4.84. The van der Waals surface area contributed by atoms with E-state index in [0.717, 1.165) is 11.6 Å². The van der Waals surface area contributed by atoms with Crippen LogP contribution in [0.25, 0.3) is 0 Å². The molecule has 2 heterocycles. The molecule has 32 heavy (non-hydrogen) atoms. The molecule has 0 radical (unpaired) electrons. The monoisotopic (exact) mass is 451 g/mol. The lowest BCUT2D eigenvalue weighted by Gasteiger charge is -2.47. The fraction of sp³-hybridized carbons (Fsp3) is 0.391. The van der Waals surface area contributed by atoms with E-state index in [1.165, 1.54) is 0 Å². The Morgan fingerprint density at radius 3 is 2.31 bits per heavy atom. The van der Waals surface area contributed by atoms with Gasteiger partial charge in [-0.2, -0.15) is 13.2 Å². The second kappa shape index (κ2) is 8.90. The molecular formula is C23H21F4NO4. The lowest BCUT2D eigenvalue weighted by Crippen LogP contribution is -2.59. The quantitative estimate of drug-likeness (QED) is 0.493. The van der Waals surface area contributed by atoms with Crippen molar-refractivity contribution in [2.24, 2.45) is 5.92 Å². The molecule has 2 aromatic rings. The second-order valence-corrected chi connectivity index (χ2v) is 8.05. The minimum atomic E-state index is -4.76. The summed E-state index contributed by atoms with van der Waals surface area (Å²) in [6.45, 7) is 0.484. The molecule has 4 rings (SSSR count). The highest BCUT2D eigenvalue weighted by Crippen LogP contribution is 2.36. The number of carbonyl (C=O) groups excluding carboxylic acids is 2. The van der Waals surface area contributed by atoms with Crippen LogP contribution in [0, 0.1) is 11.7 Å². The number of nitrogens with zero attached hydrogens (tertiary/aromatic N) is 1. The van der Waals surface area contributed by atoms with Crippen LogP contribution in [0.3, 0.4) is 0 Å². The van der Waals surface area contributed by atoms with Crippen molar-refractivity contribution < 1.29 is 36.6 Å². The van der Waals surface area contributed by atoms with E-state index in [9.17, 15) is 27.2 Å². The number of fused-ring (bicyclic) bond motifs is 2. The lowest BCUT2D eigenvalue weighted by molar-refractivity contribution is -0.137. The Kier molecular flexibility index (Phi) is 6.19. The lowest BCUT2D eigenvalue weighted by atomic mass is 9.80. The summed E-state index contributed by atoms with van der Waals surface area (Å²) in [5.41, 5.74) is -0.688. The molecule has 2 saturated heterocycles. The maximum Gasteiger partial charge on any atom is 0.416 e. The standard InChI is InChI=1S/C23H21F4NO4/c24-18-7-15(6-17(10-18)23(25,26)27)21(29)16-8-19-12-31-13-20(9-16)28(19)22(30)32-11-14-4-2-1-3-5-14/h1-7,10,16,19-20H,8-9,11-13H2. The Hall–Kier alpha value is -2.94. The van der Waals surface area contributed by atoms with Crippen LogP contribution in [0.1, 0.15) is 34.3 Å². The van der Waals surface area contributed by atoms with Crippen LogP contribution in [-0.2, 0) is 22.3 Å². The third-order valence-corrected chi connectivity index (χ3v) is 5.82. The number of ketones is 1. The van der Waals surface area contributed by atoms with E-state index in [2.05, 4.69) is 0 Å². The molecule has 0 N–H and O–H groups in total. The van der Waals surface area contributed by atoms with Crippen LogP contribution in [0.15, 0.2) is 48.5 Å². The van der Waals surface area contributed by atoms with Gasteiger partial charge in [-0.05, 0) is 36.6 Å². The zero-order valence-corrected chi connectivity index (χ0v) is 17.0. The molecule has 2 unspecified atom stereocenters. The van der Waals surface area contributed by atoms with Crippen molar-refractivity contribution in [3.05, 3.63) is 71.0 Å². The maximum atomic E-state index is 13.8. The second-order valence-electron chi connectivity index (χ2n) is 8.05. The van der Waals surface area contributed by atoms with E-state index in [0.29, 0.717) is 12.1 Å². The summed E-state index contributed by atoms with van der Waals surface area (Å²) in [6.07, 6.45) is -4.88. The highest BCUT2D eigenvalue weighted by Gasteiger charge is 2.45. The van der Waals surface area contributed by atoms with Gasteiger partial charge in [-0.3, -0.25) is 9.69 Å². The molecule has 1 amide bonds. The smallest absolute Gasteiger partial charge is 0.416 e. The van der Waals surface area contributed by atoms with Gasteiger partial charge in [0.15, 0.2) is 5.78 Å². The van der Waals surface area contributed by atoms with E-state index in [4.69, 9.17) is 9.47 Å². The van der Waals surface area contributed by atoms with Gasteiger partial charge in [0.05, 0.1) is 30.9 Å². The van der Waals surface area contributed by atoms with Gasteiger partial charge in [0.25, 0.3) is 0 Å². The molecule has 2 aliphatic heterocycles. The van der Waals surface area contributed by atoms with Crippen molar-refractivity contribution in [3.8, 4) is 0 Å². The molecular weight excluding hydrogens is 430 g/mol. The topological polar surface area (TPSA) is 55.8 Å². The molecule has 2 aromatic carbocycles. The minimum Gasteiger partial charge on any atom is -0.445 e. The first kappa shape index (κ1) is 22.3. The molecule has 0 aromatic heterocycles. The Balaban J connectivity index is 1.47. The van der Waals surface area contributed by atoms with Gasteiger partial charge in [-0.15, -0.1) is 0 Å². The van der Waals surface area contributed by atoms with E-state index in [1.54, 1.807) is 4.90 Å². The number of alkyl halides is 3. The van der Waals surface area contributed by atoms with Crippen molar-refractivity contribution in [2.75, 3.05) is 13.2 Å². The number of hydrogen-bond donors (Lipinski definition) is 0. The Morgan fingerprint density at radius 2 is 1.69 bits per heavy atom. The fourth-order valence-electron chi connectivity index (χ4n) is 4.35. The predicted molar refractivity (Wildman–Crippen MR) is 105 cm³/mol. The van der Waals surface area contributed by atoms with E-state index in [-0.39, 0.29) is 38.2 Å². The number of rotatable bonds is 4. The highest BCUT2D eigenvalue weighted by molar-refractivity contribution is 5.98. The number of halogens is 4. The van der Waals surface area contributed by atoms with Crippen LogP contribution >= 0.6 is 0 Å². The van der Waals surface area contributed by atoms with E-state index < -0.39 is 47.4 Å². The molecule has 0 saturated carbocycles. The average molecular weight is 451 g/mol. The number of piperidine rings is 1. The Labute approximate surface area is 181 Å². The zero-order valence-electron chi connectivity index (χ0n) is 17.0. The molecule has 2 atom stereocenters. The Morgan fingerprint density at radius 1 is 1.03 bits per heavy atom. The molecule has 2 fully saturated rings. The third-order valence-electron chi connectivity index (χ3n) is 5.82. The molecule has 2 bridgehead atoms. The van der Waals surface area contributed by atoms with Gasteiger partial charge >= 0.3 is 12.3 Å². The number of Topliss-reactive ketones (excluding diaryl/α,β-unsaturated/α-hetero) is 1. The summed E-state index contributed by atoms with van der Waals surface area (Å²) in [6, 6.07) is 10.1. The zero-order chi connectivity index (χ0) is 22.9. The first-order valence-electron chi connectivity index (χ1n) is 10.2. The van der Waals surface area contributed by atoms with Gasteiger partial charge in [0.1, 0.15) is 12.4 Å². The summed E-state index contributed by atoms with van der Waals surface area (Å²) < 4.78 is 63.8. The maximum absolute atomic E-state index is 13.8. The van der Waals surface area contributed by atoms with E-state index in [1.807, 2.05) is 30.3 Å². The molecule has 170 valence electrons. The van der Waals surface area contributed by atoms with Crippen LogP contribution in [0.4, 0.5) is 22.4 Å². The van der Waals surface area contributed by atoms with Crippen LogP contribution in [0.5, 0.6) is 0 Å². The van der Waals surface area contributed by atoms with Crippen molar-refractivity contribution >= 4 is 11.9 Å². The first-order chi connectivity index (χ1) is 15.2. The van der Waals surface area contributed by atoms with Crippen molar-refractivity contribution in [3.63, 3.8) is 0 Å². The highest BCUT2D eigenvalue weighted by atomic mass is 19.4. The van der Waals surface area contributed by atoms with Gasteiger partial charge in [-0.1, -0.05) is 30.3 Å². The van der Waals surface area contributed by atoms with Crippen molar-refractivity contribution in [1.82, 2.24) is 4.90 Å². The summed E-state index contributed by atoms with van der Waals surface area (Å²) in [7, 11) is 0. The minimum absolute atomic E-state index is 0.0995. The number of morpholine rings is 1. The summed E-state index contributed by atoms with van der Waals surface area (Å²) >= 11 is 0. The molecule has 9 heteroatoms. The van der Waals surface area contributed by atoms with Gasteiger partial charge in [0.2, 0.25) is 0 Å². The SMILES string of the molecule is O=C(c1cc(F)cc(C(F)(F)F)c1)C1CC2COCC(C1)N2C(=O)OCc1ccccc1. The average Bonchev–Trinajstić information content (AvgIpc) is 2.75. The molecule has 2 aliphatic rings.